The molecule has 2 aromatic rings. The Kier molecular flexibility index (Phi) is 6.79. The van der Waals surface area contributed by atoms with Crippen LogP contribution >= 0.6 is 0 Å². The summed E-state index contributed by atoms with van der Waals surface area (Å²) in [6.45, 7) is 8.40. The van der Waals surface area contributed by atoms with Gasteiger partial charge < -0.3 is 10.0 Å². The molecule has 0 saturated carbocycles. The second-order valence-corrected chi connectivity index (χ2v) is 6.38. The molecule has 128 valence electrons. The Labute approximate surface area is 144 Å². The fraction of sp³-hybridized carbons (Fsp3) is 0.400. The van der Waals surface area contributed by atoms with E-state index >= 15 is 0 Å². The summed E-state index contributed by atoms with van der Waals surface area (Å²) in [5.74, 6) is 0.772. The van der Waals surface area contributed by atoms with Crippen molar-refractivity contribution in [2.24, 2.45) is 5.92 Å². The Bertz CT molecular complexity index is 667. The van der Waals surface area contributed by atoms with Gasteiger partial charge in [0, 0.05) is 18.7 Å². The summed E-state index contributed by atoms with van der Waals surface area (Å²) in [6, 6.07) is 9.22. The SMILES string of the molecule is CCC/C=C\CN(CC(C)C)c1cnnc(-c2ccccc2O)c1. The van der Waals surface area contributed by atoms with Crippen LogP contribution in [-0.2, 0) is 0 Å². The number of para-hydroxylation sites is 1. The van der Waals surface area contributed by atoms with E-state index in [1.54, 1.807) is 18.3 Å². The first-order chi connectivity index (χ1) is 11.6. The number of nitrogens with zero attached hydrogens (tertiary/aromatic N) is 3. The first kappa shape index (κ1) is 18.0. The average Bonchev–Trinajstić information content (AvgIpc) is 2.58. The van der Waals surface area contributed by atoms with Crippen LogP contribution in [0, 0.1) is 5.92 Å². The lowest BCUT2D eigenvalue weighted by atomic mass is 10.1. The number of hydrogen-bond acceptors (Lipinski definition) is 4. The van der Waals surface area contributed by atoms with E-state index in [1.165, 1.54) is 0 Å². The van der Waals surface area contributed by atoms with Crippen molar-refractivity contribution in [1.82, 2.24) is 10.2 Å². The highest BCUT2D eigenvalue weighted by atomic mass is 16.3. The van der Waals surface area contributed by atoms with Crippen molar-refractivity contribution in [1.29, 1.82) is 0 Å². The van der Waals surface area contributed by atoms with Crippen LogP contribution in [0.4, 0.5) is 5.69 Å². The number of rotatable bonds is 8. The van der Waals surface area contributed by atoms with Crippen molar-refractivity contribution < 1.29 is 5.11 Å². The summed E-state index contributed by atoms with van der Waals surface area (Å²) in [4.78, 5) is 2.30. The molecular weight excluding hydrogens is 298 g/mol. The van der Waals surface area contributed by atoms with E-state index < -0.39 is 0 Å². The molecule has 0 aliphatic heterocycles. The molecule has 0 bridgehead atoms. The van der Waals surface area contributed by atoms with Crippen LogP contribution in [0.2, 0.25) is 0 Å². The quantitative estimate of drug-likeness (QED) is 0.717. The van der Waals surface area contributed by atoms with Gasteiger partial charge in [0.25, 0.3) is 0 Å². The Balaban J connectivity index is 2.26. The molecule has 0 radical (unpaired) electrons. The maximum absolute atomic E-state index is 10.0. The molecule has 1 aromatic heterocycles. The molecule has 0 amide bonds. The minimum absolute atomic E-state index is 0.224. The Morgan fingerprint density at radius 1 is 1.21 bits per heavy atom. The van der Waals surface area contributed by atoms with Crippen molar-refractivity contribution >= 4 is 5.69 Å². The van der Waals surface area contributed by atoms with Gasteiger partial charge in [0.1, 0.15) is 5.75 Å². The second-order valence-electron chi connectivity index (χ2n) is 6.38. The fourth-order valence-electron chi connectivity index (χ4n) is 2.56. The summed E-state index contributed by atoms with van der Waals surface area (Å²) in [7, 11) is 0. The number of anilines is 1. The van der Waals surface area contributed by atoms with Gasteiger partial charge in [-0.05, 0) is 30.5 Å². The number of allylic oxidation sites excluding steroid dienone is 1. The standard InChI is InChI=1S/C20H27N3O/c1-4-5-6-9-12-23(15-16(2)3)17-13-19(22-21-14-17)18-10-7-8-11-20(18)24/h6-11,13-14,16,24H,4-5,12,15H2,1-3H3/b9-6-. The van der Waals surface area contributed by atoms with E-state index in [4.69, 9.17) is 0 Å². The molecule has 0 saturated heterocycles. The zero-order valence-corrected chi connectivity index (χ0v) is 14.8. The molecule has 1 heterocycles. The van der Waals surface area contributed by atoms with Crippen molar-refractivity contribution in [2.75, 3.05) is 18.0 Å². The van der Waals surface area contributed by atoms with Gasteiger partial charge in [-0.1, -0.05) is 51.5 Å². The first-order valence-electron chi connectivity index (χ1n) is 8.62. The zero-order chi connectivity index (χ0) is 17.4. The molecule has 0 aliphatic rings. The predicted molar refractivity (Wildman–Crippen MR) is 100 cm³/mol. The summed E-state index contributed by atoms with van der Waals surface area (Å²) in [5, 5.41) is 18.4. The van der Waals surface area contributed by atoms with Gasteiger partial charge >= 0.3 is 0 Å². The topological polar surface area (TPSA) is 49.2 Å². The van der Waals surface area contributed by atoms with Gasteiger partial charge in [-0.15, -0.1) is 0 Å². The van der Waals surface area contributed by atoms with Crippen molar-refractivity contribution in [3.8, 4) is 17.0 Å². The molecule has 24 heavy (non-hydrogen) atoms. The summed E-state index contributed by atoms with van der Waals surface area (Å²) in [6.07, 6.45) is 8.50. The molecule has 0 aliphatic carbocycles. The third kappa shape index (κ3) is 5.08. The largest absolute Gasteiger partial charge is 0.507 e. The average molecular weight is 325 g/mol. The van der Waals surface area contributed by atoms with E-state index in [-0.39, 0.29) is 5.75 Å². The molecule has 4 nitrogen and oxygen atoms in total. The fourth-order valence-corrected chi connectivity index (χ4v) is 2.56. The summed E-state index contributed by atoms with van der Waals surface area (Å²) in [5.41, 5.74) is 2.42. The Hall–Kier alpha value is -2.36. The lowest BCUT2D eigenvalue weighted by Crippen LogP contribution is -2.28. The molecule has 2 rings (SSSR count). The van der Waals surface area contributed by atoms with Crippen LogP contribution in [0.5, 0.6) is 5.75 Å². The number of aromatic nitrogens is 2. The van der Waals surface area contributed by atoms with E-state index in [9.17, 15) is 5.11 Å². The minimum atomic E-state index is 0.224. The van der Waals surface area contributed by atoms with E-state index in [0.29, 0.717) is 17.2 Å². The Morgan fingerprint density at radius 2 is 2.00 bits per heavy atom. The molecule has 0 atom stereocenters. The summed E-state index contributed by atoms with van der Waals surface area (Å²) >= 11 is 0. The van der Waals surface area contributed by atoms with Crippen LogP contribution in [0.1, 0.15) is 33.6 Å². The highest BCUT2D eigenvalue weighted by Gasteiger charge is 2.11. The monoisotopic (exact) mass is 325 g/mol. The zero-order valence-electron chi connectivity index (χ0n) is 14.8. The Morgan fingerprint density at radius 3 is 2.71 bits per heavy atom. The second kappa shape index (κ2) is 9.06. The van der Waals surface area contributed by atoms with Gasteiger partial charge in [-0.3, -0.25) is 0 Å². The number of benzene rings is 1. The van der Waals surface area contributed by atoms with Gasteiger partial charge in [0.2, 0.25) is 0 Å². The number of phenolic OH excluding ortho intramolecular Hbond substituents is 1. The smallest absolute Gasteiger partial charge is 0.125 e. The third-order valence-electron chi connectivity index (χ3n) is 3.72. The maximum atomic E-state index is 10.0. The lowest BCUT2D eigenvalue weighted by molar-refractivity contribution is 0.477. The normalized spacial score (nSPS) is 11.3. The highest BCUT2D eigenvalue weighted by molar-refractivity contribution is 5.69. The van der Waals surface area contributed by atoms with Crippen LogP contribution in [-0.4, -0.2) is 28.4 Å². The number of phenols is 1. The molecule has 0 fully saturated rings. The molecule has 1 N–H and O–H groups in total. The van der Waals surface area contributed by atoms with Gasteiger partial charge in [-0.25, -0.2) is 0 Å². The van der Waals surface area contributed by atoms with Crippen LogP contribution in [0.3, 0.4) is 0 Å². The molecule has 0 unspecified atom stereocenters. The first-order valence-corrected chi connectivity index (χ1v) is 8.62. The van der Waals surface area contributed by atoms with Gasteiger partial charge in [0.05, 0.1) is 17.6 Å². The van der Waals surface area contributed by atoms with E-state index in [1.807, 2.05) is 18.2 Å². The maximum Gasteiger partial charge on any atom is 0.125 e. The summed E-state index contributed by atoms with van der Waals surface area (Å²) < 4.78 is 0. The van der Waals surface area contributed by atoms with Crippen molar-refractivity contribution in [2.45, 2.75) is 33.6 Å². The molecular formula is C20H27N3O. The molecule has 0 spiro atoms. The third-order valence-corrected chi connectivity index (χ3v) is 3.72. The molecule has 1 aromatic carbocycles. The number of unbranched alkanes of at least 4 members (excludes halogenated alkanes) is 1. The predicted octanol–water partition coefficient (Wildman–Crippen LogP) is 4.67. The van der Waals surface area contributed by atoms with Gasteiger partial charge in [-0.2, -0.15) is 10.2 Å². The number of hydrogen-bond donors (Lipinski definition) is 1. The number of aromatic hydroxyl groups is 1. The van der Waals surface area contributed by atoms with Gasteiger partial charge in [0.15, 0.2) is 0 Å². The highest BCUT2D eigenvalue weighted by Crippen LogP contribution is 2.29. The van der Waals surface area contributed by atoms with Crippen molar-refractivity contribution in [3.63, 3.8) is 0 Å². The minimum Gasteiger partial charge on any atom is -0.507 e. The lowest BCUT2D eigenvalue weighted by Gasteiger charge is -2.25. The van der Waals surface area contributed by atoms with Crippen LogP contribution < -0.4 is 4.90 Å². The van der Waals surface area contributed by atoms with E-state index in [0.717, 1.165) is 31.6 Å². The van der Waals surface area contributed by atoms with Crippen molar-refractivity contribution in [3.05, 3.63) is 48.7 Å². The van der Waals surface area contributed by atoms with Crippen LogP contribution in [0.15, 0.2) is 48.7 Å². The molecule has 4 heteroatoms. The van der Waals surface area contributed by atoms with Crippen LogP contribution in [0.25, 0.3) is 11.3 Å². The van der Waals surface area contributed by atoms with E-state index in [2.05, 4.69) is 48.0 Å².